The largest absolute Gasteiger partial charge is 0.390 e. The summed E-state index contributed by atoms with van der Waals surface area (Å²) in [5.74, 6) is -1.77. The van der Waals surface area contributed by atoms with Crippen LogP contribution in [0.15, 0.2) is 40.4 Å². The van der Waals surface area contributed by atoms with Crippen LogP contribution >= 0.6 is 15.9 Å². The second kappa shape index (κ2) is 8.24. The summed E-state index contributed by atoms with van der Waals surface area (Å²) >= 11 is 3.26. The average Bonchev–Trinajstić information content (AvgIpc) is 2.56. The van der Waals surface area contributed by atoms with Crippen molar-refractivity contribution in [1.29, 1.82) is 0 Å². The maximum Gasteiger partial charge on any atom is 0.252 e. The molecule has 0 unspecified atom stereocenters. The number of primary amides is 1. The Kier molecular flexibility index (Phi) is 6.29. The lowest BCUT2D eigenvalue weighted by atomic mass is 9.90. The molecule has 0 fully saturated rings. The molecule has 3 atom stereocenters. The Labute approximate surface area is 152 Å². The SMILES string of the molecule is NC(=O)CNC(=O)C1=C[C@H](NC(=O)c2ccccc2Br)[C@@H](O)[C@H](O)C1. The standard InChI is InChI=1S/C16H18BrN3O5/c17-10-4-2-1-3-9(10)16(25)20-11-5-8(6-12(21)14(11)23)15(24)19-7-13(18)22/h1-5,11-12,14,21,23H,6-7H2,(H2,18,22)(H,19,24)(H,20,25)/t11-,12+,14+/m0/s1. The lowest BCUT2D eigenvalue weighted by Crippen LogP contribution is -2.51. The van der Waals surface area contributed by atoms with Crippen LogP contribution in [0.25, 0.3) is 0 Å². The Hall–Kier alpha value is -2.23. The summed E-state index contributed by atoms with van der Waals surface area (Å²) in [6.07, 6.45) is -1.24. The number of halogens is 1. The van der Waals surface area contributed by atoms with E-state index in [0.29, 0.717) is 10.0 Å². The first-order valence-corrected chi connectivity index (χ1v) is 8.27. The predicted octanol–water partition coefficient (Wildman–Crippen LogP) is -0.799. The second-order valence-corrected chi connectivity index (χ2v) is 6.44. The Morgan fingerprint density at radius 3 is 2.52 bits per heavy atom. The quantitative estimate of drug-likeness (QED) is 0.431. The lowest BCUT2D eigenvalue weighted by Gasteiger charge is -2.31. The molecular formula is C16H18BrN3O5. The molecule has 25 heavy (non-hydrogen) atoms. The summed E-state index contributed by atoms with van der Waals surface area (Å²) in [4.78, 5) is 35.1. The summed E-state index contributed by atoms with van der Waals surface area (Å²) in [6.45, 7) is -0.344. The van der Waals surface area contributed by atoms with Gasteiger partial charge in [-0.05, 0) is 28.1 Å². The highest BCUT2D eigenvalue weighted by atomic mass is 79.9. The number of benzene rings is 1. The Bertz CT molecular complexity index is 721. The Morgan fingerprint density at radius 1 is 1.20 bits per heavy atom. The molecule has 8 nitrogen and oxygen atoms in total. The first-order chi connectivity index (χ1) is 11.8. The van der Waals surface area contributed by atoms with Gasteiger partial charge in [-0.3, -0.25) is 14.4 Å². The Morgan fingerprint density at radius 2 is 1.88 bits per heavy atom. The monoisotopic (exact) mass is 411 g/mol. The molecule has 9 heteroatoms. The molecule has 0 radical (unpaired) electrons. The number of carbonyl (C=O) groups is 3. The minimum Gasteiger partial charge on any atom is -0.390 e. The zero-order valence-electron chi connectivity index (χ0n) is 13.1. The molecule has 0 spiro atoms. The fraction of sp³-hybridized carbons (Fsp3) is 0.312. The van der Waals surface area contributed by atoms with Gasteiger partial charge in [0.1, 0.15) is 6.10 Å². The highest BCUT2D eigenvalue weighted by Crippen LogP contribution is 2.21. The van der Waals surface area contributed by atoms with Crippen molar-refractivity contribution in [2.75, 3.05) is 6.54 Å². The number of carbonyl (C=O) groups excluding carboxylic acids is 3. The van der Waals surface area contributed by atoms with E-state index in [2.05, 4.69) is 26.6 Å². The topological polar surface area (TPSA) is 142 Å². The van der Waals surface area contributed by atoms with Crippen LogP contribution in [0.2, 0.25) is 0 Å². The smallest absolute Gasteiger partial charge is 0.252 e. The minimum absolute atomic E-state index is 0.104. The van der Waals surface area contributed by atoms with E-state index >= 15 is 0 Å². The van der Waals surface area contributed by atoms with Gasteiger partial charge in [0, 0.05) is 16.5 Å². The number of hydrogen-bond donors (Lipinski definition) is 5. The predicted molar refractivity (Wildman–Crippen MR) is 92.3 cm³/mol. The molecule has 6 N–H and O–H groups in total. The van der Waals surface area contributed by atoms with E-state index in [1.165, 1.54) is 6.08 Å². The lowest BCUT2D eigenvalue weighted by molar-refractivity contribution is -0.123. The van der Waals surface area contributed by atoms with Gasteiger partial charge in [0.15, 0.2) is 0 Å². The summed E-state index contributed by atoms with van der Waals surface area (Å²) in [6, 6.07) is 5.76. The van der Waals surface area contributed by atoms with Crippen molar-refractivity contribution in [2.24, 2.45) is 5.73 Å². The molecule has 134 valence electrons. The van der Waals surface area contributed by atoms with E-state index < -0.39 is 36.0 Å². The highest BCUT2D eigenvalue weighted by molar-refractivity contribution is 9.10. The molecule has 0 saturated carbocycles. The van der Waals surface area contributed by atoms with E-state index in [4.69, 9.17) is 5.73 Å². The number of nitrogens with two attached hydrogens (primary N) is 1. The zero-order valence-corrected chi connectivity index (χ0v) is 14.7. The molecule has 0 heterocycles. The number of aliphatic hydroxyl groups excluding tert-OH is 2. The van der Waals surface area contributed by atoms with E-state index in [0.717, 1.165) is 0 Å². The van der Waals surface area contributed by atoms with Crippen molar-refractivity contribution in [2.45, 2.75) is 24.7 Å². The third kappa shape index (κ3) is 4.88. The third-order valence-electron chi connectivity index (χ3n) is 3.70. The van der Waals surface area contributed by atoms with Crippen LogP contribution in [0.3, 0.4) is 0 Å². The summed E-state index contributed by atoms with van der Waals surface area (Å²) in [5.41, 5.74) is 5.47. The van der Waals surface area contributed by atoms with Crippen LogP contribution in [0.5, 0.6) is 0 Å². The molecule has 0 saturated heterocycles. The van der Waals surface area contributed by atoms with Crippen LogP contribution < -0.4 is 16.4 Å². The highest BCUT2D eigenvalue weighted by Gasteiger charge is 2.34. The third-order valence-corrected chi connectivity index (χ3v) is 4.39. The Balaban J connectivity index is 2.15. The summed E-state index contributed by atoms with van der Waals surface area (Å²) < 4.78 is 0.571. The van der Waals surface area contributed by atoms with Gasteiger partial charge in [0.05, 0.1) is 24.3 Å². The normalized spacial score (nSPS) is 22.7. The van der Waals surface area contributed by atoms with E-state index in [-0.39, 0.29) is 18.5 Å². The molecule has 1 aromatic rings. The van der Waals surface area contributed by atoms with Crippen molar-refractivity contribution in [1.82, 2.24) is 10.6 Å². The second-order valence-electron chi connectivity index (χ2n) is 5.58. The van der Waals surface area contributed by atoms with Crippen molar-refractivity contribution < 1.29 is 24.6 Å². The van der Waals surface area contributed by atoms with Gasteiger partial charge >= 0.3 is 0 Å². The van der Waals surface area contributed by atoms with Crippen LogP contribution in [0, 0.1) is 0 Å². The van der Waals surface area contributed by atoms with E-state index in [1.54, 1.807) is 24.3 Å². The van der Waals surface area contributed by atoms with Gasteiger partial charge in [0.2, 0.25) is 11.8 Å². The summed E-state index contributed by atoms with van der Waals surface area (Å²) in [5, 5.41) is 24.9. The van der Waals surface area contributed by atoms with E-state index in [1.807, 2.05) is 0 Å². The van der Waals surface area contributed by atoms with Crippen molar-refractivity contribution in [3.8, 4) is 0 Å². The summed E-state index contributed by atoms with van der Waals surface area (Å²) in [7, 11) is 0. The molecule has 1 aromatic carbocycles. The fourth-order valence-electron chi connectivity index (χ4n) is 2.42. The molecule has 0 bridgehead atoms. The molecule has 1 aliphatic rings. The van der Waals surface area contributed by atoms with Crippen LogP contribution in [-0.4, -0.2) is 52.7 Å². The number of hydrogen-bond acceptors (Lipinski definition) is 5. The van der Waals surface area contributed by atoms with Crippen molar-refractivity contribution >= 4 is 33.7 Å². The number of amides is 3. The molecular weight excluding hydrogens is 394 g/mol. The number of aliphatic hydroxyl groups is 2. The van der Waals surface area contributed by atoms with Gasteiger partial charge in [-0.2, -0.15) is 0 Å². The first kappa shape index (κ1) is 19.1. The van der Waals surface area contributed by atoms with Crippen molar-refractivity contribution in [3.63, 3.8) is 0 Å². The fourth-order valence-corrected chi connectivity index (χ4v) is 2.88. The molecule has 1 aliphatic carbocycles. The molecule has 3 amide bonds. The maximum absolute atomic E-state index is 12.4. The van der Waals surface area contributed by atoms with Crippen molar-refractivity contribution in [3.05, 3.63) is 46.0 Å². The molecule has 2 rings (SSSR count). The minimum atomic E-state index is -1.26. The molecule has 0 aliphatic heterocycles. The maximum atomic E-state index is 12.4. The van der Waals surface area contributed by atoms with Crippen LogP contribution in [0.4, 0.5) is 0 Å². The number of rotatable bonds is 5. The van der Waals surface area contributed by atoms with Gasteiger partial charge in [-0.25, -0.2) is 0 Å². The van der Waals surface area contributed by atoms with Gasteiger partial charge in [0.25, 0.3) is 5.91 Å². The van der Waals surface area contributed by atoms with Gasteiger partial charge in [-0.15, -0.1) is 0 Å². The molecule has 0 aromatic heterocycles. The van der Waals surface area contributed by atoms with Crippen LogP contribution in [0.1, 0.15) is 16.8 Å². The van der Waals surface area contributed by atoms with Gasteiger partial charge in [-0.1, -0.05) is 18.2 Å². The first-order valence-electron chi connectivity index (χ1n) is 7.48. The van der Waals surface area contributed by atoms with E-state index in [9.17, 15) is 24.6 Å². The zero-order chi connectivity index (χ0) is 18.6. The van der Waals surface area contributed by atoms with Crippen LogP contribution in [-0.2, 0) is 9.59 Å². The average molecular weight is 412 g/mol. The van der Waals surface area contributed by atoms with Gasteiger partial charge < -0.3 is 26.6 Å². The number of nitrogens with one attached hydrogen (secondary N) is 2.